The van der Waals surface area contributed by atoms with E-state index in [9.17, 15) is 0 Å². The molecule has 1 aromatic heterocycles. The van der Waals surface area contributed by atoms with E-state index in [2.05, 4.69) is 64.9 Å². The van der Waals surface area contributed by atoms with Crippen molar-refractivity contribution in [3.63, 3.8) is 0 Å². The second-order valence-electron chi connectivity index (χ2n) is 7.76. The summed E-state index contributed by atoms with van der Waals surface area (Å²) in [4.78, 5) is 3.74. The van der Waals surface area contributed by atoms with Crippen LogP contribution < -0.4 is 10.5 Å². The lowest BCUT2D eigenvalue weighted by Gasteiger charge is -2.33. The number of nitrogen functional groups attached to an aromatic ring is 1. The van der Waals surface area contributed by atoms with Crippen LogP contribution in [0.4, 0.5) is 5.69 Å². The highest BCUT2D eigenvalue weighted by molar-refractivity contribution is 7.10. The summed E-state index contributed by atoms with van der Waals surface area (Å²) in [7, 11) is 0. The van der Waals surface area contributed by atoms with Gasteiger partial charge >= 0.3 is 0 Å². The Balaban J connectivity index is 1.22. The van der Waals surface area contributed by atoms with E-state index in [-0.39, 0.29) is 12.2 Å². The fourth-order valence-electron chi connectivity index (χ4n) is 3.84. The van der Waals surface area contributed by atoms with Crippen LogP contribution in [0.1, 0.15) is 29.4 Å². The minimum Gasteiger partial charge on any atom is -0.487 e. The van der Waals surface area contributed by atoms with Crippen LogP contribution in [0.2, 0.25) is 0 Å². The van der Waals surface area contributed by atoms with Gasteiger partial charge in [0.1, 0.15) is 18.5 Å². The van der Waals surface area contributed by atoms with Gasteiger partial charge in [0.25, 0.3) is 0 Å². The molecule has 4 rings (SSSR count). The molecule has 1 atom stereocenters. The minimum atomic E-state index is 0.0280. The first kappa shape index (κ1) is 21.6. The minimum absolute atomic E-state index is 0.0280. The molecule has 2 heterocycles. The number of ether oxygens (including phenoxy) is 2. The van der Waals surface area contributed by atoms with E-state index in [0.29, 0.717) is 12.3 Å². The maximum Gasteiger partial charge on any atom is 0.142 e. The third kappa shape index (κ3) is 6.20. The van der Waals surface area contributed by atoms with Gasteiger partial charge in [0.15, 0.2) is 0 Å². The van der Waals surface area contributed by atoms with Gasteiger partial charge in [0.05, 0.1) is 11.8 Å². The van der Waals surface area contributed by atoms with Crippen LogP contribution in [0.15, 0.2) is 84.3 Å². The molecule has 0 aliphatic carbocycles. The molecule has 1 unspecified atom stereocenters. The van der Waals surface area contributed by atoms with E-state index in [1.165, 1.54) is 10.4 Å². The quantitative estimate of drug-likeness (QED) is 0.355. The zero-order valence-electron chi connectivity index (χ0n) is 17.7. The molecule has 0 spiro atoms. The van der Waals surface area contributed by atoms with Crippen molar-refractivity contribution < 1.29 is 9.47 Å². The van der Waals surface area contributed by atoms with Crippen molar-refractivity contribution in [3.05, 3.63) is 94.7 Å². The Morgan fingerprint density at radius 1 is 0.968 bits per heavy atom. The summed E-state index contributed by atoms with van der Waals surface area (Å²) < 4.78 is 12.3. The number of likely N-dealkylation sites (tertiary alicyclic amines) is 1. The predicted molar refractivity (Wildman–Crippen MR) is 129 cm³/mol. The number of para-hydroxylation sites is 2. The third-order valence-electron chi connectivity index (χ3n) is 5.55. The molecule has 0 saturated carbocycles. The monoisotopic (exact) mass is 434 g/mol. The smallest absolute Gasteiger partial charge is 0.142 e. The van der Waals surface area contributed by atoms with Crippen molar-refractivity contribution in [1.82, 2.24) is 4.90 Å². The average Bonchev–Trinajstić information content (AvgIpc) is 3.34. The number of rotatable bonds is 9. The first-order chi connectivity index (χ1) is 15.3. The number of nitrogens with two attached hydrogens (primary N) is 1. The Bertz CT molecular complexity index is 935. The van der Waals surface area contributed by atoms with Crippen molar-refractivity contribution in [2.75, 3.05) is 32.0 Å². The summed E-state index contributed by atoms with van der Waals surface area (Å²) >= 11 is 1.77. The predicted octanol–water partition coefficient (Wildman–Crippen LogP) is 5.54. The molecule has 1 saturated heterocycles. The lowest BCUT2D eigenvalue weighted by atomic mass is 10.0. The fourth-order valence-corrected chi connectivity index (χ4v) is 4.63. The van der Waals surface area contributed by atoms with Crippen LogP contribution in [0.3, 0.4) is 0 Å². The molecule has 5 heteroatoms. The maximum absolute atomic E-state index is 6.61. The summed E-state index contributed by atoms with van der Waals surface area (Å²) in [6, 6.07) is 22.4. The molecule has 1 aliphatic heterocycles. The largest absolute Gasteiger partial charge is 0.487 e. The molecule has 0 amide bonds. The van der Waals surface area contributed by atoms with Gasteiger partial charge < -0.3 is 15.2 Å². The number of nitrogens with zero attached hydrogens (tertiary/aromatic N) is 1. The molecular formula is C26H30N2O2S. The van der Waals surface area contributed by atoms with E-state index in [0.717, 1.165) is 38.2 Å². The van der Waals surface area contributed by atoms with Crippen LogP contribution in [0.5, 0.6) is 5.75 Å². The van der Waals surface area contributed by atoms with Gasteiger partial charge in [-0.1, -0.05) is 60.7 Å². The van der Waals surface area contributed by atoms with E-state index in [4.69, 9.17) is 15.2 Å². The lowest BCUT2D eigenvalue weighted by Crippen LogP contribution is -2.37. The second-order valence-corrected chi connectivity index (χ2v) is 8.74. The Kier molecular flexibility index (Phi) is 7.77. The maximum atomic E-state index is 6.61. The Morgan fingerprint density at radius 2 is 1.74 bits per heavy atom. The van der Waals surface area contributed by atoms with Crippen LogP contribution in [-0.2, 0) is 4.74 Å². The van der Waals surface area contributed by atoms with E-state index in [1.807, 2.05) is 24.3 Å². The van der Waals surface area contributed by atoms with Crippen molar-refractivity contribution in [2.45, 2.75) is 25.0 Å². The first-order valence-corrected chi connectivity index (χ1v) is 11.8. The molecule has 3 aromatic rings. The van der Waals surface area contributed by atoms with Crippen molar-refractivity contribution in [3.8, 4) is 5.75 Å². The Morgan fingerprint density at radius 3 is 2.48 bits per heavy atom. The standard InChI is InChI=1S/C26H30N2O2S/c27-23-11-4-5-12-24(23)29-19-7-6-16-28-17-14-22(15-18-28)30-26(25-13-8-20-31-25)21-9-2-1-3-10-21/h1-13,20,22,26H,14-19,27H2. The summed E-state index contributed by atoms with van der Waals surface area (Å²) in [6.07, 6.45) is 6.67. The van der Waals surface area contributed by atoms with Crippen molar-refractivity contribution >= 4 is 17.0 Å². The van der Waals surface area contributed by atoms with Gasteiger partial charge in [-0.2, -0.15) is 0 Å². The number of hydrogen-bond donors (Lipinski definition) is 1. The molecule has 31 heavy (non-hydrogen) atoms. The number of hydrogen-bond acceptors (Lipinski definition) is 5. The van der Waals surface area contributed by atoms with E-state index < -0.39 is 0 Å². The van der Waals surface area contributed by atoms with Crippen LogP contribution in [-0.4, -0.2) is 37.2 Å². The van der Waals surface area contributed by atoms with Crippen LogP contribution in [0, 0.1) is 0 Å². The van der Waals surface area contributed by atoms with Crippen LogP contribution in [0.25, 0.3) is 0 Å². The molecule has 2 N–H and O–H groups in total. The second kappa shape index (κ2) is 11.1. The van der Waals surface area contributed by atoms with E-state index in [1.54, 1.807) is 11.3 Å². The summed E-state index contributed by atoms with van der Waals surface area (Å²) in [6.45, 7) is 3.57. The SMILES string of the molecule is Nc1ccccc1OCC=CCN1CCC(OC(c2ccccc2)c2cccs2)CC1. The normalized spacial score (nSPS) is 16.5. The number of anilines is 1. The molecule has 1 aliphatic rings. The molecule has 0 radical (unpaired) electrons. The van der Waals surface area contributed by atoms with Crippen LogP contribution >= 0.6 is 11.3 Å². The van der Waals surface area contributed by atoms with Crippen molar-refractivity contribution in [2.24, 2.45) is 0 Å². The third-order valence-corrected chi connectivity index (χ3v) is 6.47. The highest BCUT2D eigenvalue weighted by Gasteiger charge is 2.24. The van der Waals surface area contributed by atoms with Gasteiger partial charge in [-0.25, -0.2) is 0 Å². The molecular weight excluding hydrogens is 404 g/mol. The summed E-state index contributed by atoms with van der Waals surface area (Å²) in [5.74, 6) is 0.740. The topological polar surface area (TPSA) is 47.7 Å². The lowest BCUT2D eigenvalue weighted by molar-refractivity contribution is -0.0240. The highest BCUT2D eigenvalue weighted by Crippen LogP contribution is 2.32. The average molecular weight is 435 g/mol. The first-order valence-electron chi connectivity index (χ1n) is 10.9. The summed E-state index contributed by atoms with van der Waals surface area (Å²) in [5.41, 5.74) is 7.81. The highest BCUT2D eigenvalue weighted by atomic mass is 32.1. The number of thiophene rings is 1. The molecule has 4 nitrogen and oxygen atoms in total. The fraction of sp³-hybridized carbons (Fsp3) is 0.308. The molecule has 0 bridgehead atoms. The van der Waals surface area contributed by atoms with E-state index >= 15 is 0 Å². The zero-order chi connectivity index (χ0) is 21.3. The molecule has 162 valence electrons. The van der Waals surface area contributed by atoms with Gasteiger partial charge in [-0.05, 0) is 42.0 Å². The number of piperidine rings is 1. The summed E-state index contributed by atoms with van der Waals surface area (Å²) in [5, 5.41) is 2.12. The number of benzene rings is 2. The zero-order valence-corrected chi connectivity index (χ0v) is 18.5. The van der Waals surface area contributed by atoms with Gasteiger partial charge in [0, 0.05) is 24.5 Å². The van der Waals surface area contributed by atoms with Gasteiger partial charge in [0.2, 0.25) is 0 Å². The van der Waals surface area contributed by atoms with Gasteiger partial charge in [-0.3, -0.25) is 4.90 Å². The Labute approximate surface area is 188 Å². The van der Waals surface area contributed by atoms with Gasteiger partial charge in [-0.15, -0.1) is 11.3 Å². The Hall–Kier alpha value is -2.60. The molecule has 2 aromatic carbocycles. The molecule has 1 fully saturated rings. The van der Waals surface area contributed by atoms with Crippen molar-refractivity contribution in [1.29, 1.82) is 0 Å².